The molecule has 0 unspecified atom stereocenters. The molecular weight excluding hydrogens is 232 g/mol. The second kappa shape index (κ2) is 4.44. The molecule has 1 N–H and O–H groups in total. The van der Waals surface area contributed by atoms with Gasteiger partial charge in [-0.1, -0.05) is 6.92 Å². The number of rotatable bonds is 2. The molecule has 0 aromatic heterocycles. The van der Waals surface area contributed by atoms with Crippen molar-refractivity contribution < 1.29 is 19.4 Å². The van der Waals surface area contributed by atoms with Gasteiger partial charge < -0.3 is 9.84 Å². The molecule has 1 saturated heterocycles. The maximum Gasteiger partial charge on any atom is 0.331 e. The van der Waals surface area contributed by atoms with E-state index in [4.69, 9.17) is 4.74 Å². The summed E-state index contributed by atoms with van der Waals surface area (Å²) < 4.78 is 5.54. The summed E-state index contributed by atoms with van der Waals surface area (Å²) in [6.07, 6.45) is 6.09. The van der Waals surface area contributed by atoms with Gasteiger partial charge in [0.05, 0.1) is 6.61 Å². The van der Waals surface area contributed by atoms with Crippen molar-refractivity contribution in [3.05, 3.63) is 35.1 Å². The van der Waals surface area contributed by atoms with Crippen molar-refractivity contribution in [2.24, 2.45) is 5.41 Å². The van der Waals surface area contributed by atoms with Crippen LogP contribution in [0.5, 0.6) is 0 Å². The van der Waals surface area contributed by atoms with Crippen molar-refractivity contribution in [1.82, 2.24) is 0 Å². The third kappa shape index (κ3) is 2.23. The zero-order valence-electron chi connectivity index (χ0n) is 10.5. The molecule has 1 fully saturated rings. The predicted octanol–water partition coefficient (Wildman–Crippen LogP) is 2.23. The van der Waals surface area contributed by atoms with Crippen LogP contribution in [0.25, 0.3) is 0 Å². The minimum Gasteiger partial charge on any atom is -0.497 e. The first-order chi connectivity index (χ1) is 8.42. The van der Waals surface area contributed by atoms with E-state index in [1.807, 2.05) is 6.92 Å². The first kappa shape index (κ1) is 12.6. The second-order valence-electron chi connectivity index (χ2n) is 5.02. The van der Waals surface area contributed by atoms with Gasteiger partial charge >= 0.3 is 5.97 Å². The van der Waals surface area contributed by atoms with Gasteiger partial charge in [-0.2, -0.15) is 0 Å². The van der Waals surface area contributed by atoms with E-state index in [2.05, 4.69) is 0 Å². The van der Waals surface area contributed by atoms with Gasteiger partial charge in [0.25, 0.3) is 0 Å². The van der Waals surface area contributed by atoms with Crippen LogP contribution in [0.1, 0.15) is 26.7 Å². The molecule has 1 aliphatic heterocycles. The lowest BCUT2D eigenvalue weighted by Gasteiger charge is -2.24. The summed E-state index contributed by atoms with van der Waals surface area (Å²) in [6.45, 7) is 4.02. The number of carbonyl (C=O) groups excluding carboxylic acids is 1. The Balaban J connectivity index is 2.50. The third-order valence-electron chi connectivity index (χ3n) is 3.51. The van der Waals surface area contributed by atoms with E-state index >= 15 is 0 Å². The van der Waals surface area contributed by atoms with E-state index in [1.165, 1.54) is 13.0 Å². The number of carboxylic acids is 1. The molecule has 0 radical (unpaired) electrons. The Bertz CT molecular complexity index is 496. The summed E-state index contributed by atoms with van der Waals surface area (Å²) in [5.41, 5.74) is 0.385. The smallest absolute Gasteiger partial charge is 0.331 e. The van der Waals surface area contributed by atoms with Crippen molar-refractivity contribution in [2.45, 2.75) is 26.7 Å². The van der Waals surface area contributed by atoms with Gasteiger partial charge in [-0.15, -0.1) is 0 Å². The summed E-state index contributed by atoms with van der Waals surface area (Å²) in [5, 5.41) is 9.22. The lowest BCUT2D eigenvalue weighted by Crippen LogP contribution is -2.20. The fourth-order valence-corrected chi connectivity index (χ4v) is 2.34. The molecule has 4 heteroatoms. The summed E-state index contributed by atoms with van der Waals surface area (Å²) in [5.74, 6) is -0.350. The molecule has 2 aliphatic rings. The molecule has 0 aromatic carbocycles. The monoisotopic (exact) mass is 248 g/mol. The van der Waals surface area contributed by atoms with Gasteiger partial charge in [-0.3, -0.25) is 4.79 Å². The van der Waals surface area contributed by atoms with E-state index < -0.39 is 5.97 Å². The van der Waals surface area contributed by atoms with Crippen LogP contribution in [-0.4, -0.2) is 23.5 Å². The Morgan fingerprint density at radius 3 is 2.72 bits per heavy atom. The van der Waals surface area contributed by atoms with Gasteiger partial charge in [0.1, 0.15) is 5.76 Å². The number of hydrogen-bond donors (Lipinski definition) is 1. The van der Waals surface area contributed by atoms with Crippen LogP contribution in [0.4, 0.5) is 0 Å². The van der Waals surface area contributed by atoms with Crippen LogP contribution >= 0.6 is 0 Å². The van der Waals surface area contributed by atoms with Crippen LogP contribution in [0.15, 0.2) is 35.1 Å². The Hall–Kier alpha value is -1.84. The van der Waals surface area contributed by atoms with E-state index in [9.17, 15) is 14.7 Å². The third-order valence-corrected chi connectivity index (χ3v) is 3.51. The first-order valence-corrected chi connectivity index (χ1v) is 5.92. The van der Waals surface area contributed by atoms with E-state index in [1.54, 1.807) is 12.2 Å². The highest BCUT2D eigenvalue weighted by Gasteiger charge is 2.38. The van der Waals surface area contributed by atoms with E-state index in [-0.39, 0.29) is 16.8 Å². The zero-order valence-corrected chi connectivity index (χ0v) is 10.5. The number of fused-ring (bicyclic) bond motifs is 1. The van der Waals surface area contributed by atoms with E-state index in [0.29, 0.717) is 18.6 Å². The fraction of sp³-hybridized carbons (Fsp3) is 0.429. The highest BCUT2D eigenvalue weighted by atomic mass is 16.5. The summed E-state index contributed by atoms with van der Waals surface area (Å²) in [6, 6.07) is 0. The largest absolute Gasteiger partial charge is 0.497 e. The van der Waals surface area contributed by atoms with Gasteiger partial charge in [0.15, 0.2) is 5.78 Å². The van der Waals surface area contributed by atoms with Gasteiger partial charge in [0.2, 0.25) is 0 Å². The van der Waals surface area contributed by atoms with Crippen LogP contribution in [0.2, 0.25) is 0 Å². The van der Waals surface area contributed by atoms with Crippen molar-refractivity contribution >= 4 is 11.8 Å². The van der Waals surface area contributed by atoms with Crippen LogP contribution in [-0.2, 0) is 14.3 Å². The molecule has 0 amide bonds. The molecule has 1 atom stereocenters. The molecule has 0 bridgehead atoms. The lowest BCUT2D eigenvalue weighted by molar-refractivity contribution is -0.133. The number of carbonyl (C=O) groups is 2. The normalized spacial score (nSPS) is 35.6. The molecule has 2 rings (SSSR count). The number of ketones is 1. The number of ether oxygens (including phenoxy) is 1. The summed E-state index contributed by atoms with van der Waals surface area (Å²) in [7, 11) is 0. The van der Waals surface area contributed by atoms with Crippen molar-refractivity contribution in [2.75, 3.05) is 6.61 Å². The fourth-order valence-electron chi connectivity index (χ4n) is 2.34. The van der Waals surface area contributed by atoms with Crippen LogP contribution in [0, 0.1) is 5.41 Å². The molecule has 0 spiro atoms. The Labute approximate surface area is 106 Å². The molecule has 18 heavy (non-hydrogen) atoms. The van der Waals surface area contributed by atoms with Crippen molar-refractivity contribution in [3.8, 4) is 0 Å². The Morgan fingerprint density at radius 1 is 1.39 bits per heavy atom. The summed E-state index contributed by atoms with van der Waals surface area (Å²) >= 11 is 0. The van der Waals surface area contributed by atoms with E-state index in [0.717, 1.165) is 12.2 Å². The quantitative estimate of drug-likeness (QED) is 0.813. The SMILES string of the molecule is CC(=O)C1=C/C=C2/OCC[C@@]2(C)C/C(C(=O)O)=C\1. The number of Topliss-reactive ketones (excluding diaryl/α,β-unsaturated/α-hetero) is 1. The second-order valence-corrected chi connectivity index (χ2v) is 5.02. The maximum absolute atomic E-state index is 11.4. The molecule has 0 saturated carbocycles. The Kier molecular flexibility index (Phi) is 3.11. The van der Waals surface area contributed by atoms with Gasteiger partial charge in [-0.25, -0.2) is 4.79 Å². The molecule has 1 aliphatic carbocycles. The Morgan fingerprint density at radius 2 is 2.11 bits per heavy atom. The number of aliphatic carboxylic acids is 1. The predicted molar refractivity (Wildman–Crippen MR) is 65.9 cm³/mol. The van der Waals surface area contributed by atoms with Crippen molar-refractivity contribution in [1.29, 1.82) is 0 Å². The lowest BCUT2D eigenvalue weighted by atomic mass is 9.78. The maximum atomic E-state index is 11.4. The highest BCUT2D eigenvalue weighted by Crippen LogP contribution is 2.44. The minimum atomic E-state index is -0.975. The average Bonchev–Trinajstić information content (AvgIpc) is 2.59. The molecule has 96 valence electrons. The molecule has 1 heterocycles. The number of hydrogen-bond acceptors (Lipinski definition) is 3. The highest BCUT2D eigenvalue weighted by molar-refractivity contribution is 5.99. The topological polar surface area (TPSA) is 63.6 Å². The van der Waals surface area contributed by atoms with Crippen LogP contribution < -0.4 is 0 Å². The zero-order chi connectivity index (χ0) is 13.3. The van der Waals surface area contributed by atoms with Crippen molar-refractivity contribution in [3.63, 3.8) is 0 Å². The number of allylic oxidation sites excluding steroid dienone is 5. The van der Waals surface area contributed by atoms with Gasteiger partial charge in [-0.05, 0) is 38.0 Å². The molecule has 0 aromatic rings. The summed E-state index contributed by atoms with van der Waals surface area (Å²) in [4.78, 5) is 22.7. The standard InChI is InChI=1S/C14H16O4/c1-9(15)10-3-4-12-14(2,5-6-18-12)8-11(7-10)13(16)17/h3-4,7H,5-6,8H2,1-2H3,(H,16,17)/b10-3+,11-7+,12-4+/t14-/m0/s1. The first-order valence-electron chi connectivity index (χ1n) is 5.92. The van der Waals surface area contributed by atoms with Crippen LogP contribution in [0.3, 0.4) is 0 Å². The van der Waals surface area contributed by atoms with Gasteiger partial charge in [0, 0.05) is 16.6 Å². The number of carboxylic acid groups (broad SMARTS) is 1. The minimum absolute atomic E-state index is 0.146. The molecule has 4 nitrogen and oxygen atoms in total. The molecular formula is C14H16O4. The average molecular weight is 248 g/mol.